The average molecular weight is 225 g/mol. The van der Waals surface area contributed by atoms with Crippen LogP contribution in [0.5, 0.6) is 0 Å². The van der Waals surface area contributed by atoms with Crippen molar-refractivity contribution in [2.75, 3.05) is 0 Å². The van der Waals surface area contributed by atoms with Crippen LogP contribution in [0.4, 0.5) is 0 Å². The molecule has 1 aromatic heterocycles. The summed E-state index contributed by atoms with van der Waals surface area (Å²) in [6, 6.07) is 10.7. The van der Waals surface area contributed by atoms with Gasteiger partial charge >= 0.3 is 0 Å². The van der Waals surface area contributed by atoms with Gasteiger partial charge in [0.2, 0.25) is 0 Å². The van der Waals surface area contributed by atoms with Crippen LogP contribution in [0.25, 0.3) is 0 Å². The van der Waals surface area contributed by atoms with E-state index in [9.17, 15) is 9.59 Å². The predicted molar refractivity (Wildman–Crippen MR) is 65.0 cm³/mol. The Kier molecular flexibility index (Phi) is 3.31. The van der Waals surface area contributed by atoms with E-state index in [2.05, 4.69) is 4.98 Å². The van der Waals surface area contributed by atoms with Gasteiger partial charge < -0.3 is 4.98 Å². The first-order valence-electron chi connectivity index (χ1n) is 5.22. The van der Waals surface area contributed by atoms with Gasteiger partial charge in [-0.15, -0.1) is 0 Å². The van der Waals surface area contributed by atoms with Gasteiger partial charge in [-0.1, -0.05) is 24.3 Å². The first-order valence-corrected chi connectivity index (χ1v) is 5.22. The minimum Gasteiger partial charge on any atom is -0.368 e. The van der Waals surface area contributed by atoms with Gasteiger partial charge in [-0.05, 0) is 24.3 Å². The smallest absolute Gasteiger partial charge is 0.186 e. The maximum Gasteiger partial charge on any atom is 0.186 e. The molecule has 0 spiro atoms. The Hall–Kier alpha value is -2.42. The van der Waals surface area contributed by atoms with Gasteiger partial charge in [-0.2, -0.15) is 0 Å². The number of aromatic nitrogens is 1. The number of allylic oxidation sites excluding steroid dienone is 2. The topological polar surface area (TPSA) is 49.9 Å². The Morgan fingerprint density at radius 2 is 1.18 bits per heavy atom. The van der Waals surface area contributed by atoms with E-state index in [1.54, 1.807) is 24.3 Å². The SMILES string of the molecule is O=C1C=CC(=O)c2ccccc21.c1cc[nH]c1. The number of benzene rings is 1. The van der Waals surface area contributed by atoms with Crippen LogP contribution in [0.1, 0.15) is 20.7 Å². The van der Waals surface area contributed by atoms with Crippen molar-refractivity contribution >= 4 is 11.6 Å². The standard InChI is InChI=1S/C10H6O2.C4H5N/c11-9-5-6-10(12)8-4-2-1-3-7(8)9;1-2-4-5-3-1/h1-6H;1-5H. The summed E-state index contributed by atoms with van der Waals surface area (Å²) in [4.78, 5) is 25.2. The number of hydrogen-bond donors (Lipinski definition) is 1. The second kappa shape index (κ2) is 5.07. The summed E-state index contributed by atoms with van der Waals surface area (Å²) in [5.74, 6) is -0.185. The molecule has 1 N–H and O–H groups in total. The molecule has 1 aliphatic rings. The molecule has 3 heteroatoms. The summed E-state index contributed by atoms with van der Waals surface area (Å²) in [5.41, 5.74) is 1.01. The molecule has 0 amide bonds. The summed E-state index contributed by atoms with van der Waals surface area (Å²) in [6.07, 6.45) is 6.37. The zero-order valence-electron chi connectivity index (χ0n) is 9.09. The Bertz CT molecular complexity index is 499. The van der Waals surface area contributed by atoms with Crippen LogP contribution in [-0.2, 0) is 0 Å². The Labute approximate surface area is 98.8 Å². The van der Waals surface area contributed by atoms with E-state index in [-0.39, 0.29) is 11.6 Å². The summed E-state index contributed by atoms with van der Waals surface area (Å²) in [5, 5.41) is 0. The van der Waals surface area contributed by atoms with Crippen LogP contribution in [0.2, 0.25) is 0 Å². The number of nitrogens with one attached hydrogen (secondary N) is 1. The highest BCUT2D eigenvalue weighted by molar-refractivity contribution is 6.21. The van der Waals surface area contributed by atoms with Gasteiger partial charge in [0.05, 0.1) is 0 Å². The molecule has 1 heterocycles. The molecule has 0 radical (unpaired) electrons. The van der Waals surface area contributed by atoms with Crippen LogP contribution < -0.4 is 0 Å². The van der Waals surface area contributed by atoms with E-state index >= 15 is 0 Å². The lowest BCUT2D eigenvalue weighted by Crippen LogP contribution is -2.10. The van der Waals surface area contributed by atoms with Crippen LogP contribution in [0.15, 0.2) is 60.9 Å². The number of fused-ring (bicyclic) bond motifs is 1. The van der Waals surface area contributed by atoms with Crippen molar-refractivity contribution in [1.82, 2.24) is 4.98 Å². The highest BCUT2D eigenvalue weighted by Crippen LogP contribution is 2.15. The molecule has 1 aliphatic carbocycles. The third-order valence-electron chi connectivity index (χ3n) is 2.34. The first kappa shape index (κ1) is 11.1. The van der Waals surface area contributed by atoms with E-state index in [0.717, 1.165) is 0 Å². The minimum atomic E-state index is -0.0924. The molecule has 0 fully saturated rings. The van der Waals surface area contributed by atoms with Crippen molar-refractivity contribution in [3.05, 3.63) is 72.1 Å². The quantitative estimate of drug-likeness (QED) is 0.749. The third-order valence-corrected chi connectivity index (χ3v) is 2.34. The predicted octanol–water partition coefficient (Wildman–Crippen LogP) is 2.64. The zero-order chi connectivity index (χ0) is 12.1. The van der Waals surface area contributed by atoms with E-state index in [1.165, 1.54) is 12.2 Å². The second-order valence-corrected chi connectivity index (χ2v) is 3.49. The lowest BCUT2D eigenvalue weighted by Gasteiger charge is -2.06. The molecule has 2 aromatic rings. The Morgan fingerprint density at radius 3 is 1.53 bits per heavy atom. The van der Waals surface area contributed by atoms with Crippen LogP contribution >= 0.6 is 0 Å². The zero-order valence-corrected chi connectivity index (χ0v) is 9.09. The highest BCUT2D eigenvalue weighted by Gasteiger charge is 2.16. The number of carbonyl (C=O) groups excluding carboxylic acids is 2. The van der Waals surface area contributed by atoms with Gasteiger partial charge in [0.25, 0.3) is 0 Å². The second-order valence-electron chi connectivity index (χ2n) is 3.49. The summed E-state index contributed by atoms with van der Waals surface area (Å²) in [6.45, 7) is 0. The van der Waals surface area contributed by atoms with Crippen molar-refractivity contribution in [1.29, 1.82) is 0 Å². The van der Waals surface area contributed by atoms with Crippen LogP contribution in [-0.4, -0.2) is 16.6 Å². The fraction of sp³-hybridized carbons (Fsp3) is 0. The number of rotatable bonds is 0. The van der Waals surface area contributed by atoms with Gasteiger partial charge in [0.1, 0.15) is 0 Å². The number of hydrogen-bond acceptors (Lipinski definition) is 2. The van der Waals surface area contributed by atoms with Crippen LogP contribution in [0.3, 0.4) is 0 Å². The van der Waals surface area contributed by atoms with Gasteiger partial charge in [0.15, 0.2) is 11.6 Å². The van der Waals surface area contributed by atoms with E-state index in [0.29, 0.717) is 11.1 Å². The maximum atomic E-state index is 11.2. The first-order chi connectivity index (χ1) is 8.29. The average Bonchev–Trinajstić information content (AvgIpc) is 2.93. The molecule has 0 unspecified atom stereocenters. The maximum absolute atomic E-state index is 11.2. The van der Waals surface area contributed by atoms with E-state index < -0.39 is 0 Å². The number of ketones is 2. The minimum absolute atomic E-state index is 0.0924. The molecular weight excluding hydrogens is 214 g/mol. The van der Waals surface area contributed by atoms with Crippen molar-refractivity contribution in [2.24, 2.45) is 0 Å². The number of carbonyl (C=O) groups is 2. The lowest BCUT2D eigenvalue weighted by molar-refractivity contribution is 0.0994. The lowest BCUT2D eigenvalue weighted by atomic mass is 9.95. The molecule has 1 aromatic carbocycles. The molecule has 84 valence electrons. The number of H-pyrrole nitrogens is 1. The molecule has 0 saturated carbocycles. The fourth-order valence-corrected chi connectivity index (χ4v) is 1.52. The molecule has 3 nitrogen and oxygen atoms in total. The van der Waals surface area contributed by atoms with Gasteiger partial charge in [-0.3, -0.25) is 9.59 Å². The molecule has 0 saturated heterocycles. The molecule has 0 atom stereocenters. The van der Waals surface area contributed by atoms with Crippen molar-refractivity contribution in [3.8, 4) is 0 Å². The fourth-order valence-electron chi connectivity index (χ4n) is 1.52. The molecular formula is C14H11NO2. The van der Waals surface area contributed by atoms with Crippen molar-refractivity contribution in [2.45, 2.75) is 0 Å². The van der Waals surface area contributed by atoms with Gasteiger partial charge in [0, 0.05) is 23.5 Å². The van der Waals surface area contributed by atoms with E-state index in [4.69, 9.17) is 0 Å². The molecule has 3 rings (SSSR count). The van der Waals surface area contributed by atoms with Crippen LogP contribution in [0, 0.1) is 0 Å². The largest absolute Gasteiger partial charge is 0.368 e. The summed E-state index contributed by atoms with van der Waals surface area (Å²) < 4.78 is 0. The van der Waals surface area contributed by atoms with Gasteiger partial charge in [-0.25, -0.2) is 0 Å². The monoisotopic (exact) mass is 225 g/mol. The number of aromatic amines is 1. The highest BCUT2D eigenvalue weighted by atomic mass is 16.1. The van der Waals surface area contributed by atoms with Crippen molar-refractivity contribution < 1.29 is 9.59 Å². The third kappa shape index (κ3) is 2.58. The Morgan fingerprint density at radius 1 is 0.706 bits per heavy atom. The molecule has 0 aliphatic heterocycles. The molecule has 0 bridgehead atoms. The summed E-state index contributed by atoms with van der Waals surface area (Å²) >= 11 is 0. The molecule has 17 heavy (non-hydrogen) atoms. The normalized spacial score (nSPS) is 12.7. The van der Waals surface area contributed by atoms with E-state index in [1.807, 2.05) is 24.5 Å². The Balaban J connectivity index is 0.000000181. The summed E-state index contributed by atoms with van der Waals surface area (Å²) in [7, 11) is 0. The van der Waals surface area contributed by atoms with Crippen molar-refractivity contribution in [3.63, 3.8) is 0 Å².